The smallest absolute Gasteiger partial charge is 0.196 e. The molecule has 0 amide bonds. The van der Waals surface area contributed by atoms with Gasteiger partial charge < -0.3 is 0 Å². The Morgan fingerprint density at radius 1 is 1.75 bits per heavy atom. The van der Waals surface area contributed by atoms with E-state index in [9.17, 15) is 12.9 Å². The Labute approximate surface area is 46.8 Å². The van der Waals surface area contributed by atoms with Crippen LogP contribution in [0.1, 0.15) is 0 Å². The summed E-state index contributed by atoms with van der Waals surface area (Å²) in [5, 5.41) is 0. The molecule has 0 atom stereocenters. The van der Waals surface area contributed by atoms with Gasteiger partial charge in [-0.05, 0) is 4.53 Å². The molecule has 0 aliphatic heterocycles. The van der Waals surface area contributed by atoms with Gasteiger partial charge in [0.25, 0.3) is 0 Å². The fraction of sp³-hybridized carbons (Fsp3) is 0.333. The van der Waals surface area contributed by atoms with Crippen molar-refractivity contribution < 1.29 is 17.3 Å². The predicted molar refractivity (Wildman–Crippen MR) is 26.2 cm³/mol. The summed E-state index contributed by atoms with van der Waals surface area (Å²) < 4.78 is 33.3. The largest absolute Gasteiger partial charge is 0.301 e. The molecular weight excluding hydrogens is 135 g/mol. The van der Waals surface area contributed by atoms with Crippen LogP contribution in [0.25, 0.3) is 0 Å². The van der Waals surface area contributed by atoms with Crippen LogP contribution in [-0.2, 0) is 14.5 Å². The maximum Gasteiger partial charge on any atom is 0.301 e. The van der Waals surface area contributed by atoms with Crippen molar-refractivity contribution in [2.24, 2.45) is 0 Å². The van der Waals surface area contributed by atoms with Gasteiger partial charge in [0, 0.05) is 0 Å². The minimum absolute atomic E-state index is 0.497. The molecule has 3 nitrogen and oxygen atoms in total. The van der Waals surface area contributed by atoms with E-state index in [1.54, 1.807) is 0 Å². The van der Waals surface area contributed by atoms with Crippen LogP contribution < -0.4 is 0 Å². The summed E-state index contributed by atoms with van der Waals surface area (Å²) in [7, 11) is -3.95. The maximum atomic E-state index is 10.8. The molecule has 0 aliphatic rings. The highest BCUT2D eigenvalue weighted by atomic mass is 32.2. The van der Waals surface area contributed by atoms with Gasteiger partial charge in [-0.25, -0.2) is 0 Å². The van der Waals surface area contributed by atoms with Crippen LogP contribution in [0.15, 0.2) is 12.7 Å². The lowest BCUT2D eigenvalue weighted by atomic mass is 10.8. The molecule has 0 saturated carbocycles. The molecule has 0 radical (unpaired) electrons. The lowest BCUT2D eigenvalue weighted by molar-refractivity contribution is 0.00348. The Morgan fingerprint density at radius 3 is 2.38 bits per heavy atom. The van der Waals surface area contributed by atoms with Crippen molar-refractivity contribution in [3.63, 3.8) is 0 Å². The molecule has 0 aromatic heterocycles. The van der Waals surface area contributed by atoms with Gasteiger partial charge in [0.15, 0.2) is 0 Å². The van der Waals surface area contributed by atoms with E-state index in [1.165, 1.54) is 0 Å². The Bertz CT molecular complexity index is 159. The Morgan fingerprint density at radius 2 is 2.25 bits per heavy atom. The monoisotopic (exact) mass is 140 g/mol. The molecule has 0 heterocycles. The van der Waals surface area contributed by atoms with Gasteiger partial charge in [0.1, 0.15) is 0 Å². The molecule has 0 aromatic rings. The van der Waals surface area contributed by atoms with Crippen molar-refractivity contribution in [3.8, 4) is 0 Å². The lowest BCUT2D eigenvalue weighted by Crippen LogP contribution is -2.02. The van der Waals surface area contributed by atoms with Gasteiger partial charge in [0.2, 0.25) is 0 Å². The number of rotatable bonds is 3. The molecule has 0 bridgehead atoms. The molecule has 0 N–H and O–H groups in total. The summed E-state index contributed by atoms with van der Waals surface area (Å²) >= 11 is 0. The molecule has 0 unspecified atom stereocenters. The highest BCUT2D eigenvalue weighted by Crippen LogP contribution is 1.91. The van der Waals surface area contributed by atoms with Crippen LogP contribution in [-0.4, -0.2) is 14.2 Å². The SMILES string of the molecule is C=CCS(=O)(=O)OF. The Balaban J connectivity index is 3.94. The maximum absolute atomic E-state index is 10.8. The molecule has 0 fully saturated rings. The van der Waals surface area contributed by atoms with Crippen molar-refractivity contribution in [1.82, 2.24) is 0 Å². The van der Waals surface area contributed by atoms with E-state index in [2.05, 4.69) is 11.0 Å². The number of hydrogen-bond acceptors (Lipinski definition) is 3. The van der Waals surface area contributed by atoms with Gasteiger partial charge >= 0.3 is 10.1 Å². The summed E-state index contributed by atoms with van der Waals surface area (Å²) in [5.74, 6) is -0.497. The first kappa shape index (κ1) is 7.58. The molecule has 48 valence electrons. The van der Waals surface area contributed by atoms with Crippen molar-refractivity contribution in [2.75, 3.05) is 5.75 Å². The van der Waals surface area contributed by atoms with Gasteiger partial charge in [0.05, 0.1) is 5.75 Å². The molecular formula is C3H5FO3S. The second-order valence-electron chi connectivity index (χ2n) is 1.08. The van der Waals surface area contributed by atoms with E-state index in [0.29, 0.717) is 0 Å². The highest BCUT2D eigenvalue weighted by molar-refractivity contribution is 7.86. The van der Waals surface area contributed by atoms with Gasteiger partial charge in [-0.1, -0.05) is 10.5 Å². The normalized spacial score (nSPS) is 11.1. The van der Waals surface area contributed by atoms with Crippen LogP contribution in [0.5, 0.6) is 0 Å². The van der Waals surface area contributed by atoms with Crippen molar-refractivity contribution in [2.45, 2.75) is 0 Å². The van der Waals surface area contributed by atoms with Gasteiger partial charge in [-0.3, -0.25) is 0 Å². The molecule has 5 heteroatoms. The topological polar surface area (TPSA) is 43.4 Å². The zero-order valence-electron chi connectivity index (χ0n) is 4.00. The molecule has 0 spiro atoms. The van der Waals surface area contributed by atoms with Crippen LogP contribution in [0.3, 0.4) is 0 Å². The summed E-state index contributed by atoms with van der Waals surface area (Å²) in [4.78, 5) is 0. The van der Waals surface area contributed by atoms with E-state index in [0.717, 1.165) is 6.08 Å². The average Bonchev–Trinajstić information content (AvgIpc) is 1.67. The second kappa shape index (κ2) is 2.78. The van der Waals surface area contributed by atoms with Crippen LogP contribution in [0, 0.1) is 0 Å². The van der Waals surface area contributed by atoms with Gasteiger partial charge in [-0.2, -0.15) is 8.42 Å². The van der Waals surface area contributed by atoms with E-state index >= 15 is 0 Å². The van der Waals surface area contributed by atoms with Crippen molar-refractivity contribution in [3.05, 3.63) is 12.7 Å². The number of halogens is 1. The van der Waals surface area contributed by atoms with Crippen LogP contribution in [0.2, 0.25) is 0 Å². The Hall–Kier alpha value is -0.420. The average molecular weight is 140 g/mol. The fourth-order valence-corrected chi connectivity index (χ4v) is 0.510. The Kier molecular flexibility index (Phi) is 2.64. The van der Waals surface area contributed by atoms with Crippen LogP contribution >= 0.6 is 0 Å². The third-order valence-corrected chi connectivity index (χ3v) is 1.25. The first-order valence-electron chi connectivity index (χ1n) is 1.76. The molecule has 0 aromatic carbocycles. The zero-order valence-corrected chi connectivity index (χ0v) is 4.82. The second-order valence-corrected chi connectivity index (χ2v) is 2.65. The van der Waals surface area contributed by atoms with Crippen LogP contribution in [0.4, 0.5) is 4.53 Å². The standard InChI is InChI=1S/C3H5FO3S/c1-2-3-8(5,6)7-4/h2H,1,3H2. The molecule has 8 heavy (non-hydrogen) atoms. The summed E-state index contributed by atoms with van der Waals surface area (Å²) in [6.07, 6.45) is 1.04. The van der Waals surface area contributed by atoms with E-state index in [4.69, 9.17) is 0 Å². The minimum Gasteiger partial charge on any atom is -0.196 e. The summed E-state index contributed by atoms with van der Waals surface area (Å²) in [6.45, 7) is 3.07. The highest BCUT2D eigenvalue weighted by Gasteiger charge is 2.06. The van der Waals surface area contributed by atoms with E-state index in [-0.39, 0.29) is 0 Å². The molecule has 0 aliphatic carbocycles. The molecule has 0 saturated heterocycles. The van der Waals surface area contributed by atoms with Crippen molar-refractivity contribution in [1.29, 1.82) is 0 Å². The zero-order chi connectivity index (χ0) is 6.62. The molecule has 0 rings (SSSR count). The summed E-state index contributed by atoms with van der Waals surface area (Å²) in [6, 6.07) is 0. The van der Waals surface area contributed by atoms with Crippen molar-refractivity contribution >= 4 is 10.1 Å². The first-order valence-corrected chi connectivity index (χ1v) is 3.34. The number of hydrogen-bond donors (Lipinski definition) is 0. The fourth-order valence-electron chi connectivity index (χ4n) is 0.170. The lowest BCUT2D eigenvalue weighted by Gasteiger charge is -1.86. The summed E-state index contributed by atoms with van der Waals surface area (Å²) in [5.41, 5.74) is 0. The predicted octanol–water partition coefficient (Wildman–Crippen LogP) is 0.403. The third kappa shape index (κ3) is 2.70. The quantitative estimate of drug-likeness (QED) is 0.533. The minimum atomic E-state index is -3.95. The van der Waals surface area contributed by atoms with E-state index < -0.39 is 15.9 Å². The third-order valence-electron chi connectivity index (χ3n) is 0.418. The van der Waals surface area contributed by atoms with E-state index in [1.807, 2.05) is 0 Å². The van der Waals surface area contributed by atoms with Gasteiger partial charge in [-0.15, -0.1) is 6.58 Å². The first-order chi connectivity index (χ1) is 3.62.